The molecule has 2 aliphatic heterocycles. The first kappa shape index (κ1) is 23.2. The predicted molar refractivity (Wildman–Crippen MR) is 127 cm³/mol. The Hall–Kier alpha value is -2.99. The molecule has 0 spiro atoms. The summed E-state index contributed by atoms with van der Waals surface area (Å²) < 4.78 is 5.67. The maximum Gasteiger partial charge on any atom is 0.340 e. The number of hydrogen-bond acceptors (Lipinski definition) is 5. The molecule has 2 fully saturated rings. The number of carbonyl (C=O) groups excluding carboxylic acids is 3. The van der Waals surface area contributed by atoms with Gasteiger partial charge in [-0.25, -0.2) is 9.69 Å². The lowest BCUT2D eigenvalue weighted by atomic mass is 9.98. The van der Waals surface area contributed by atoms with Gasteiger partial charge >= 0.3 is 5.97 Å². The quantitative estimate of drug-likeness (QED) is 0.450. The molecule has 0 N–H and O–H groups in total. The molecule has 2 saturated heterocycles. The molecule has 2 aromatic rings. The number of piperidine rings is 1. The molecule has 2 amide bonds. The van der Waals surface area contributed by atoms with Crippen LogP contribution in [0.2, 0.25) is 0 Å². The predicted octanol–water partition coefficient (Wildman–Crippen LogP) is 4.09. The largest absolute Gasteiger partial charge is 0.462 e. The first-order valence-electron chi connectivity index (χ1n) is 11.9. The van der Waals surface area contributed by atoms with E-state index in [2.05, 4.69) is 29.2 Å². The van der Waals surface area contributed by atoms with Crippen LogP contribution in [0.15, 0.2) is 54.6 Å². The Morgan fingerprint density at radius 3 is 2.58 bits per heavy atom. The Bertz CT molecular complexity index is 991. The maximum absolute atomic E-state index is 12.9. The molecule has 174 valence electrons. The lowest BCUT2D eigenvalue weighted by molar-refractivity contribution is -0.122. The SMILES string of the molecule is CC1CC(=O)N(c2ccccc2C(=O)OC[C@@H]2CCCN(CCCc3ccccc3)C2)C1=O. The second-order valence-electron chi connectivity index (χ2n) is 9.19. The van der Waals surface area contributed by atoms with Gasteiger partial charge in [0, 0.05) is 24.8 Å². The summed E-state index contributed by atoms with van der Waals surface area (Å²) in [5, 5.41) is 0. The van der Waals surface area contributed by atoms with Crippen molar-refractivity contribution in [1.29, 1.82) is 0 Å². The lowest BCUT2D eigenvalue weighted by Gasteiger charge is -2.32. The zero-order valence-corrected chi connectivity index (χ0v) is 19.2. The third-order valence-corrected chi connectivity index (χ3v) is 6.57. The third kappa shape index (κ3) is 5.69. The van der Waals surface area contributed by atoms with Crippen LogP contribution in [0.5, 0.6) is 0 Å². The van der Waals surface area contributed by atoms with Crippen molar-refractivity contribution in [1.82, 2.24) is 4.90 Å². The number of nitrogens with zero attached hydrogens (tertiary/aromatic N) is 2. The standard InChI is InChI=1S/C27H32N2O4/c1-20-17-25(30)29(26(20)31)24-14-6-5-13-23(24)27(32)33-19-22-12-8-16-28(18-22)15-7-11-21-9-3-2-4-10-21/h2-6,9-10,13-14,20,22H,7-8,11-12,15-19H2,1H3/t20?,22-/m1/s1. The van der Waals surface area contributed by atoms with Crippen molar-refractivity contribution < 1.29 is 19.1 Å². The first-order valence-corrected chi connectivity index (χ1v) is 11.9. The molecule has 4 rings (SSSR count). The number of carbonyl (C=O) groups is 3. The van der Waals surface area contributed by atoms with E-state index in [0.717, 1.165) is 50.2 Å². The normalized spacial score (nSPS) is 21.4. The van der Waals surface area contributed by atoms with Crippen molar-refractivity contribution in [3.63, 3.8) is 0 Å². The Morgan fingerprint density at radius 2 is 1.82 bits per heavy atom. The Kier molecular flexibility index (Phi) is 7.55. The molecule has 2 aliphatic rings. The van der Waals surface area contributed by atoms with E-state index in [9.17, 15) is 14.4 Å². The minimum atomic E-state index is -0.480. The van der Waals surface area contributed by atoms with Gasteiger partial charge in [-0.3, -0.25) is 9.59 Å². The molecule has 1 unspecified atom stereocenters. The summed E-state index contributed by atoms with van der Waals surface area (Å²) in [6.45, 7) is 5.12. The highest BCUT2D eigenvalue weighted by Gasteiger charge is 2.38. The molecule has 0 aromatic heterocycles. The van der Waals surface area contributed by atoms with Gasteiger partial charge < -0.3 is 9.64 Å². The van der Waals surface area contributed by atoms with E-state index < -0.39 is 5.97 Å². The van der Waals surface area contributed by atoms with Crippen LogP contribution in [0, 0.1) is 11.8 Å². The summed E-state index contributed by atoms with van der Waals surface area (Å²) in [7, 11) is 0. The van der Waals surface area contributed by atoms with E-state index in [0.29, 0.717) is 18.2 Å². The molecular formula is C27H32N2O4. The fraction of sp³-hybridized carbons (Fsp3) is 0.444. The smallest absolute Gasteiger partial charge is 0.340 e. The highest BCUT2D eigenvalue weighted by Crippen LogP contribution is 2.29. The van der Waals surface area contributed by atoms with E-state index in [1.54, 1.807) is 31.2 Å². The fourth-order valence-electron chi connectivity index (χ4n) is 4.79. The van der Waals surface area contributed by atoms with Crippen molar-refractivity contribution in [2.75, 3.05) is 31.1 Å². The molecular weight excluding hydrogens is 416 g/mol. The number of anilines is 1. The average molecular weight is 449 g/mol. The summed E-state index contributed by atoms with van der Waals surface area (Å²) in [5.74, 6) is -1.09. The third-order valence-electron chi connectivity index (χ3n) is 6.57. The molecule has 33 heavy (non-hydrogen) atoms. The van der Waals surface area contributed by atoms with E-state index >= 15 is 0 Å². The number of benzene rings is 2. The molecule has 0 radical (unpaired) electrons. The molecule has 2 atom stereocenters. The second kappa shape index (κ2) is 10.8. The van der Waals surface area contributed by atoms with E-state index in [4.69, 9.17) is 4.74 Å². The van der Waals surface area contributed by atoms with Crippen LogP contribution in [0.4, 0.5) is 5.69 Å². The summed E-state index contributed by atoms with van der Waals surface area (Å²) in [5.41, 5.74) is 1.96. The van der Waals surface area contributed by atoms with Gasteiger partial charge in [0.1, 0.15) is 0 Å². The maximum atomic E-state index is 12.9. The molecule has 0 aliphatic carbocycles. The number of aryl methyl sites for hydroxylation is 1. The highest BCUT2D eigenvalue weighted by atomic mass is 16.5. The average Bonchev–Trinajstić information content (AvgIpc) is 3.09. The number of ether oxygens (including phenoxy) is 1. The fourth-order valence-corrected chi connectivity index (χ4v) is 4.79. The zero-order valence-electron chi connectivity index (χ0n) is 19.2. The summed E-state index contributed by atoms with van der Waals surface area (Å²) in [4.78, 5) is 41.3. The van der Waals surface area contributed by atoms with Gasteiger partial charge in [0.2, 0.25) is 11.8 Å². The van der Waals surface area contributed by atoms with Crippen molar-refractivity contribution in [3.05, 3.63) is 65.7 Å². The number of esters is 1. The van der Waals surface area contributed by atoms with Crippen molar-refractivity contribution >= 4 is 23.5 Å². The molecule has 2 heterocycles. The minimum absolute atomic E-state index is 0.171. The molecule has 2 aromatic carbocycles. The molecule has 6 heteroatoms. The summed E-state index contributed by atoms with van der Waals surface area (Å²) >= 11 is 0. The Balaban J connectivity index is 1.30. The number of para-hydroxylation sites is 1. The second-order valence-corrected chi connectivity index (χ2v) is 9.19. The number of amides is 2. The van der Waals surface area contributed by atoms with Crippen LogP contribution < -0.4 is 4.90 Å². The minimum Gasteiger partial charge on any atom is -0.462 e. The summed E-state index contributed by atoms with van der Waals surface area (Å²) in [6, 6.07) is 17.2. The molecule has 0 saturated carbocycles. The van der Waals surface area contributed by atoms with Crippen LogP contribution in [-0.4, -0.2) is 48.9 Å². The van der Waals surface area contributed by atoms with E-state index in [1.807, 2.05) is 6.07 Å². The monoisotopic (exact) mass is 448 g/mol. The summed E-state index contributed by atoms with van der Waals surface area (Å²) in [6.07, 6.45) is 4.48. The van der Waals surface area contributed by atoms with Crippen LogP contribution >= 0.6 is 0 Å². The Morgan fingerprint density at radius 1 is 1.06 bits per heavy atom. The van der Waals surface area contributed by atoms with Gasteiger partial charge in [-0.15, -0.1) is 0 Å². The van der Waals surface area contributed by atoms with Gasteiger partial charge in [0.15, 0.2) is 0 Å². The zero-order chi connectivity index (χ0) is 23.2. The number of rotatable bonds is 8. The molecule has 6 nitrogen and oxygen atoms in total. The van der Waals surface area contributed by atoms with E-state index in [1.165, 1.54) is 5.56 Å². The highest BCUT2D eigenvalue weighted by molar-refractivity contribution is 6.22. The first-order chi connectivity index (χ1) is 16.0. The lowest BCUT2D eigenvalue weighted by Crippen LogP contribution is -2.38. The van der Waals surface area contributed by atoms with Crippen molar-refractivity contribution in [3.8, 4) is 0 Å². The van der Waals surface area contributed by atoms with Gasteiger partial charge in [0.05, 0.1) is 17.9 Å². The van der Waals surface area contributed by atoms with Gasteiger partial charge in [-0.05, 0) is 56.5 Å². The molecule has 0 bridgehead atoms. The number of likely N-dealkylation sites (tertiary alicyclic amines) is 1. The van der Waals surface area contributed by atoms with Crippen LogP contribution in [0.1, 0.15) is 48.5 Å². The van der Waals surface area contributed by atoms with Crippen LogP contribution in [0.3, 0.4) is 0 Å². The van der Waals surface area contributed by atoms with Crippen LogP contribution in [0.25, 0.3) is 0 Å². The van der Waals surface area contributed by atoms with Crippen LogP contribution in [-0.2, 0) is 20.7 Å². The topological polar surface area (TPSA) is 66.9 Å². The van der Waals surface area contributed by atoms with E-state index in [-0.39, 0.29) is 29.7 Å². The number of hydrogen-bond donors (Lipinski definition) is 0. The Labute approximate surface area is 195 Å². The van der Waals surface area contributed by atoms with Gasteiger partial charge in [-0.1, -0.05) is 49.4 Å². The van der Waals surface area contributed by atoms with Crippen molar-refractivity contribution in [2.24, 2.45) is 11.8 Å². The number of imide groups is 1. The van der Waals surface area contributed by atoms with Gasteiger partial charge in [0.25, 0.3) is 0 Å². The van der Waals surface area contributed by atoms with Crippen molar-refractivity contribution in [2.45, 2.75) is 39.0 Å². The van der Waals surface area contributed by atoms with Gasteiger partial charge in [-0.2, -0.15) is 0 Å².